The summed E-state index contributed by atoms with van der Waals surface area (Å²) >= 11 is 6.15. The fourth-order valence-corrected chi connectivity index (χ4v) is 2.16. The van der Waals surface area contributed by atoms with Gasteiger partial charge in [0, 0.05) is 16.1 Å². The fraction of sp³-hybridized carbons (Fsp3) is 0.0714. The zero-order chi connectivity index (χ0) is 14.7. The van der Waals surface area contributed by atoms with Crippen molar-refractivity contribution < 1.29 is 9.72 Å². The molecule has 1 aromatic heterocycles. The minimum Gasteiger partial charge on any atom is -0.465 e. The highest BCUT2D eigenvalue weighted by Crippen LogP contribution is 2.36. The molecule has 2 rings (SSSR count). The zero-order valence-electron chi connectivity index (χ0n) is 10.6. The minimum absolute atomic E-state index is 0.123. The molecule has 0 aliphatic carbocycles. The number of aromatic amines is 1. The Hall–Kier alpha value is -2.76. The van der Waals surface area contributed by atoms with Gasteiger partial charge in [-0.25, -0.2) is 4.98 Å². The molecule has 0 spiro atoms. The number of hydrogen-bond donors (Lipinski definition) is 1. The van der Waals surface area contributed by atoms with Gasteiger partial charge in [0.25, 0.3) is 5.82 Å². The summed E-state index contributed by atoms with van der Waals surface area (Å²) in [6.45, 7) is 0. The van der Waals surface area contributed by atoms with Crippen molar-refractivity contribution in [3.8, 4) is 29.1 Å². The first-order valence-electron chi connectivity index (χ1n) is 5.61. The quantitative estimate of drug-likeness (QED) is 0.914. The highest BCUT2D eigenvalue weighted by molar-refractivity contribution is 6.33. The van der Waals surface area contributed by atoms with Crippen LogP contribution in [0.25, 0.3) is 11.1 Å². The molecule has 0 aliphatic rings. The number of nitrogens with one attached hydrogen (secondary N) is 1. The van der Waals surface area contributed by atoms with Crippen molar-refractivity contribution >= 4 is 17.4 Å². The van der Waals surface area contributed by atoms with E-state index in [0.717, 1.165) is 0 Å². The Morgan fingerprint density at radius 1 is 1.20 bits per heavy atom. The van der Waals surface area contributed by atoms with Crippen LogP contribution in [0.2, 0.25) is 5.02 Å². The van der Waals surface area contributed by atoms with Crippen molar-refractivity contribution in [2.75, 3.05) is 12.8 Å². The standard InChI is InChI=1S/C14H9ClN4O/c1-20-14-10(7-17)12(9(6-16)13(18)19-14)8-4-2-3-5-11(8)15/h2-5H,1H3,(H2,18,19)/p+1. The van der Waals surface area contributed by atoms with E-state index in [9.17, 15) is 10.5 Å². The molecule has 98 valence electrons. The summed E-state index contributed by atoms with van der Waals surface area (Å²) < 4.78 is 5.11. The van der Waals surface area contributed by atoms with Crippen molar-refractivity contribution in [2.45, 2.75) is 0 Å². The average Bonchev–Trinajstić information content (AvgIpc) is 2.46. The lowest BCUT2D eigenvalue weighted by Gasteiger charge is -2.10. The third-order valence-corrected chi connectivity index (χ3v) is 3.15. The number of anilines is 1. The molecule has 6 heteroatoms. The number of nitrogens with zero attached hydrogens (tertiary/aromatic N) is 2. The lowest BCUT2D eigenvalue weighted by atomic mass is 9.96. The second-order valence-electron chi connectivity index (χ2n) is 3.90. The lowest BCUT2D eigenvalue weighted by Crippen LogP contribution is -2.18. The van der Waals surface area contributed by atoms with Crippen LogP contribution in [-0.4, -0.2) is 7.11 Å². The van der Waals surface area contributed by atoms with Gasteiger partial charge in [-0.2, -0.15) is 10.5 Å². The molecule has 1 aromatic carbocycles. The largest absolute Gasteiger partial charge is 0.465 e. The number of H-pyrrole nitrogens is 1. The van der Waals surface area contributed by atoms with Crippen molar-refractivity contribution in [3.05, 3.63) is 40.4 Å². The summed E-state index contributed by atoms with van der Waals surface area (Å²) in [5.41, 5.74) is 7.08. The fourth-order valence-electron chi connectivity index (χ4n) is 1.93. The van der Waals surface area contributed by atoms with E-state index in [4.69, 9.17) is 22.1 Å². The van der Waals surface area contributed by atoms with Crippen LogP contribution >= 0.6 is 11.6 Å². The van der Waals surface area contributed by atoms with Gasteiger partial charge in [0.05, 0.1) is 7.11 Å². The number of halogens is 1. The van der Waals surface area contributed by atoms with E-state index in [1.54, 1.807) is 24.3 Å². The molecule has 2 aromatic rings. The number of nitrogens with two attached hydrogens (primary N) is 1. The van der Waals surface area contributed by atoms with E-state index < -0.39 is 0 Å². The average molecular weight is 286 g/mol. The number of nitriles is 2. The molecule has 0 bridgehead atoms. The number of benzene rings is 1. The first-order valence-corrected chi connectivity index (χ1v) is 5.99. The number of hydrogen-bond acceptors (Lipinski definition) is 4. The first-order chi connectivity index (χ1) is 9.63. The molecular weight excluding hydrogens is 276 g/mol. The smallest absolute Gasteiger partial charge is 0.300 e. The maximum atomic E-state index is 9.35. The molecule has 0 radical (unpaired) electrons. The van der Waals surface area contributed by atoms with Crippen LogP contribution in [0.4, 0.5) is 5.82 Å². The molecule has 3 N–H and O–H groups in total. The van der Waals surface area contributed by atoms with Gasteiger partial charge in [-0.15, -0.1) is 0 Å². The third-order valence-electron chi connectivity index (χ3n) is 2.82. The second-order valence-corrected chi connectivity index (χ2v) is 4.31. The van der Waals surface area contributed by atoms with Gasteiger partial charge in [-0.3, -0.25) is 5.73 Å². The summed E-state index contributed by atoms with van der Waals surface area (Å²) in [5, 5.41) is 19.1. The van der Waals surface area contributed by atoms with Crippen molar-refractivity contribution in [2.24, 2.45) is 0 Å². The van der Waals surface area contributed by atoms with Crippen LogP contribution < -0.4 is 15.5 Å². The molecule has 5 nitrogen and oxygen atoms in total. The molecule has 1 heterocycles. The van der Waals surface area contributed by atoms with Crippen molar-refractivity contribution in [3.63, 3.8) is 0 Å². The van der Waals surface area contributed by atoms with Crippen molar-refractivity contribution in [1.29, 1.82) is 10.5 Å². The van der Waals surface area contributed by atoms with Gasteiger partial charge in [-0.1, -0.05) is 29.8 Å². The zero-order valence-corrected chi connectivity index (χ0v) is 11.3. The van der Waals surface area contributed by atoms with Crippen LogP contribution in [0, 0.1) is 22.7 Å². The van der Waals surface area contributed by atoms with Crippen LogP contribution in [0.15, 0.2) is 24.3 Å². The Balaban J connectivity index is 2.94. The molecule has 20 heavy (non-hydrogen) atoms. The summed E-state index contributed by atoms with van der Waals surface area (Å²) in [4.78, 5) is 2.69. The molecular formula is C14H10ClN4O+. The summed E-state index contributed by atoms with van der Waals surface area (Å²) in [7, 11) is 1.41. The van der Waals surface area contributed by atoms with Crippen LogP contribution in [0.5, 0.6) is 5.88 Å². The molecule has 0 unspecified atom stereocenters. The van der Waals surface area contributed by atoms with E-state index in [1.807, 2.05) is 12.1 Å². The number of rotatable bonds is 2. The Kier molecular flexibility index (Phi) is 3.74. The molecule has 0 saturated carbocycles. The number of nitrogen functional groups attached to an aromatic ring is 1. The Morgan fingerprint density at radius 3 is 2.40 bits per heavy atom. The predicted octanol–water partition coefficient (Wildman–Crippen LogP) is 2.16. The molecule has 0 atom stereocenters. The monoisotopic (exact) mass is 285 g/mol. The maximum Gasteiger partial charge on any atom is 0.300 e. The minimum atomic E-state index is 0.123. The summed E-state index contributed by atoms with van der Waals surface area (Å²) in [6.07, 6.45) is 0. The Morgan fingerprint density at radius 2 is 1.85 bits per heavy atom. The van der Waals surface area contributed by atoms with Gasteiger partial charge in [0.15, 0.2) is 5.56 Å². The van der Waals surface area contributed by atoms with E-state index in [-0.39, 0.29) is 22.8 Å². The van der Waals surface area contributed by atoms with Gasteiger partial charge in [-0.05, 0) is 6.07 Å². The normalized spacial score (nSPS) is 9.60. The van der Waals surface area contributed by atoms with E-state index in [2.05, 4.69) is 4.98 Å². The Labute approximate surface area is 120 Å². The van der Waals surface area contributed by atoms with Crippen LogP contribution in [0.1, 0.15) is 11.1 Å². The maximum absolute atomic E-state index is 9.35. The lowest BCUT2D eigenvalue weighted by molar-refractivity contribution is -0.376. The van der Waals surface area contributed by atoms with E-state index in [1.165, 1.54) is 7.11 Å². The van der Waals surface area contributed by atoms with E-state index in [0.29, 0.717) is 16.1 Å². The summed E-state index contributed by atoms with van der Waals surface area (Å²) in [5.74, 6) is 0.317. The second kappa shape index (κ2) is 5.48. The third kappa shape index (κ3) is 2.11. The molecule has 0 amide bonds. The number of pyridine rings is 1. The summed E-state index contributed by atoms with van der Waals surface area (Å²) in [6, 6.07) is 10.9. The van der Waals surface area contributed by atoms with Crippen molar-refractivity contribution in [1.82, 2.24) is 0 Å². The SMILES string of the molecule is COc1[nH+]c(N)c(C#N)c(-c2ccccc2Cl)c1C#N. The van der Waals surface area contributed by atoms with Crippen LogP contribution in [-0.2, 0) is 0 Å². The number of ether oxygens (including phenoxy) is 1. The highest BCUT2D eigenvalue weighted by Gasteiger charge is 2.25. The van der Waals surface area contributed by atoms with Crippen LogP contribution in [0.3, 0.4) is 0 Å². The number of methoxy groups -OCH3 is 1. The van der Waals surface area contributed by atoms with Gasteiger partial charge in [0.2, 0.25) is 0 Å². The molecule has 0 saturated heterocycles. The molecule has 0 fully saturated rings. The van der Waals surface area contributed by atoms with Gasteiger partial charge < -0.3 is 4.74 Å². The topological polar surface area (TPSA) is 97.0 Å². The molecule has 0 aliphatic heterocycles. The highest BCUT2D eigenvalue weighted by atomic mass is 35.5. The van der Waals surface area contributed by atoms with Gasteiger partial charge in [0.1, 0.15) is 17.7 Å². The number of aromatic nitrogens is 1. The Bertz CT molecular complexity index is 759. The predicted molar refractivity (Wildman–Crippen MR) is 73.8 cm³/mol. The van der Waals surface area contributed by atoms with Gasteiger partial charge >= 0.3 is 5.88 Å². The first kappa shape index (κ1) is 13.7. The van der Waals surface area contributed by atoms with E-state index >= 15 is 0 Å².